The van der Waals surface area contributed by atoms with Crippen molar-refractivity contribution in [2.45, 2.75) is 33.2 Å². The molecule has 5 nitrogen and oxygen atoms in total. The number of benzene rings is 1. The maximum absolute atomic E-state index is 12.2. The van der Waals surface area contributed by atoms with E-state index >= 15 is 0 Å². The minimum Gasteiger partial charge on any atom is -0.480 e. The van der Waals surface area contributed by atoms with Crippen molar-refractivity contribution in [3.63, 3.8) is 0 Å². The van der Waals surface area contributed by atoms with Crippen molar-refractivity contribution in [3.8, 4) is 0 Å². The summed E-state index contributed by atoms with van der Waals surface area (Å²) in [4.78, 5) is 25.0. The van der Waals surface area contributed by atoms with E-state index in [0.29, 0.717) is 30.8 Å². The normalized spacial score (nSPS) is 11.8. The number of hydrogen-bond acceptors (Lipinski definition) is 3. The van der Waals surface area contributed by atoms with E-state index < -0.39 is 12.0 Å². The molecule has 0 saturated heterocycles. The van der Waals surface area contributed by atoms with Gasteiger partial charge in [0.2, 0.25) is 0 Å². The van der Waals surface area contributed by atoms with Gasteiger partial charge in [0, 0.05) is 24.3 Å². The first-order chi connectivity index (χ1) is 9.53. The van der Waals surface area contributed by atoms with Crippen LogP contribution in [0.2, 0.25) is 0 Å². The van der Waals surface area contributed by atoms with Crippen molar-refractivity contribution in [2.75, 3.05) is 18.4 Å². The van der Waals surface area contributed by atoms with Crippen molar-refractivity contribution in [1.29, 1.82) is 0 Å². The van der Waals surface area contributed by atoms with Gasteiger partial charge in [-0.1, -0.05) is 13.0 Å². The van der Waals surface area contributed by atoms with Crippen molar-refractivity contribution in [3.05, 3.63) is 29.8 Å². The number of hydrogen-bond donors (Lipinski definition) is 2. The summed E-state index contributed by atoms with van der Waals surface area (Å²) in [5, 5.41) is 12.0. The highest BCUT2D eigenvalue weighted by molar-refractivity contribution is 5.95. The molecule has 0 aliphatic rings. The van der Waals surface area contributed by atoms with Crippen LogP contribution >= 0.6 is 0 Å². The van der Waals surface area contributed by atoms with Gasteiger partial charge in [-0.2, -0.15) is 0 Å². The Bertz CT molecular complexity index is 470. The molecule has 110 valence electrons. The number of rotatable bonds is 7. The number of anilines is 1. The standard InChI is InChI=1S/C15H22N2O3/c1-4-13(15(19)20)16-12-9-7-8-11(10-12)14(18)17(5-2)6-3/h7-10,13,16H,4-6H2,1-3H3,(H,19,20). The number of nitrogens with one attached hydrogen (secondary N) is 1. The molecule has 1 rings (SSSR count). The quantitative estimate of drug-likeness (QED) is 0.803. The Hall–Kier alpha value is -2.04. The fourth-order valence-corrected chi connectivity index (χ4v) is 1.98. The first kappa shape index (κ1) is 16.0. The lowest BCUT2D eigenvalue weighted by atomic mass is 10.1. The monoisotopic (exact) mass is 278 g/mol. The maximum Gasteiger partial charge on any atom is 0.326 e. The van der Waals surface area contributed by atoms with Gasteiger partial charge in [-0.05, 0) is 38.5 Å². The van der Waals surface area contributed by atoms with Crippen LogP contribution < -0.4 is 5.32 Å². The first-order valence-electron chi connectivity index (χ1n) is 6.92. The highest BCUT2D eigenvalue weighted by atomic mass is 16.4. The van der Waals surface area contributed by atoms with Crippen LogP contribution in [0, 0.1) is 0 Å². The first-order valence-corrected chi connectivity index (χ1v) is 6.92. The zero-order chi connectivity index (χ0) is 15.1. The van der Waals surface area contributed by atoms with E-state index in [-0.39, 0.29) is 5.91 Å². The average Bonchev–Trinajstić information content (AvgIpc) is 2.45. The molecule has 0 heterocycles. The molecule has 20 heavy (non-hydrogen) atoms. The van der Waals surface area contributed by atoms with Gasteiger partial charge in [-0.3, -0.25) is 4.79 Å². The minimum absolute atomic E-state index is 0.0398. The number of carbonyl (C=O) groups excluding carboxylic acids is 1. The molecule has 1 aromatic rings. The molecule has 0 saturated carbocycles. The second-order valence-corrected chi connectivity index (χ2v) is 4.50. The number of carboxylic acid groups (broad SMARTS) is 1. The molecule has 0 bridgehead atoms. The molecule has 1 unspecified atom stereocenters. The van der Waals surface area contributed by atoms with Gasteiger partial charge >= 0.3 is 5.97 Å². The van der Waals surface area contributed by atoms with Gasteiger partial charge in [0.1, 0.15) is 6.04 Å². The Kier molecular flexibility index (Phi) is 6.03. The molecule has 0 aliphatic heterocycles. The van der Waals surface area contributed by atoms with Crippen LogP contribution in [-0.2, 0) is 4.79 Å². The van der Waals surface area contributed by atoms with Crippen LogP contribution in [0.3, 0.4) is 0 Å². The molecular weight excluding hydrogens is 256 g/mol. The van der Waals surface area contributed by atoms with Crippen molar-refractivity contribution >= 4 is 17.6 Å². The van der Waals surface area contributed by atoms with Crippen LogP contribution in [0.15, 0.2) is 24.3 Å². The Morgan fingerprint density at radius 1 is 1.25 bits per heavy atom. The molecule has 1 amide bonds. The van der Waals surface area contributed by atoms with Gasteiger partial charge in [0.25, 0.3) is 5.91 Å². The SMILES string of the molecule is CCC(Nc1cccc(C(=O)N(CC)CC)c1)C(=O)O. The predicted molar refractivity (Wildman–Crippen MR) is 79.0 cm³/mol. The van der Waals surface area contributed by atoms with Crippen LogP contribution in [-0.4, -0.2) is 41.0 Å². The van der Waals surface area contributed by atoms with Gasteiger partial charge in [0.05, 0.1) is 0 Å². The summed E-state index contributed by atoms with van der Waals surface area (Å²) >= 11 is 0. The third-order valence-electron chi connectivity index (χ3n) is 3.21. The third kappa shape index (κ3) is 3.98. The lowest BCUT2D eigenvalue weighted by Crippen LogP contribution is -2.31. The molecule has 0 fully saturated rings. The zero-order valence-corrected chi connectivity index (χ0v) is 12.2. The van der Waals surface area contributed by atoms with Crippen molar-refractivity contribution in [1.82, 2.24) is 4.90 Å². The van der Waals surface area contributed by atoms with Crippen LogP contribution in [0.1, 0.15) is 37.6 Å². The lowest BCUT2D eigenvalue weighted by Gasteiger charge is -2.19. The summed E-state index contributed by atoms with van der Waals surface area (Å²) < 4.78 is 0. The summed E-state index contributed by atoms with van der Waals surface area (Å²) in [6.45, 7) is 6.97. The lowest BCUT2D eigenvalue weighted by molar-refractivity contribution is -0.137. The fourth-order valence-electron chi connectivity index (χ4n) is 1.98. The van der Waals surface area contributed by atoms with E-state index in [9.17, 15) is 9.59 Å². The minimum atomic E-state index is -0.895. The van der Waals surface area contributed by atoms with Gasteiger partial charge in [-0.15, -0.1) is 0 Å². The summed E-state index contributed by atoms with van der Waals surface area (Å²) in [7, 11) is 0. The Morgan fingerprint density at radius 3 is 2.40 bits per heavy atom. The van der Waals surface area contributed by atoms with E-state index in [1.54, 1.807) is 36.1 Å². The average molecular weight is 278 g/mol. The molecule has 0 aromatic heterocycles. The Balaban J connectivity index is 2.90. The molecule has 0 spiro atoms. The van der Waals surface area contributed by atoms with Crippen molar-refractivity contribution in [2.24, 2.45) is 0 Å². The van der Waals surface area contributed by atoms with Crippen LogP contribution in [0.25, 0.3) is 0 Å². The zero-order valence-electron chi connectivity index (χ0n) is 12.2. The molecule has 1 aromatic carbocycles. The largest absolute Gasteiger partial charge is 0.480 e. The number of amides is 1. The summed E-state index contributed by atoms with van der Waals surface area (Å²) in [5.74, 6) is -0.935. The van der Waals surface area contributed by atoms with Crippen molar-refractivity contribution < 1.29 is 14.7 Å². The van der Waals surface area contributed by atoms with E-state index in [0.717, 1.165) is 0 Å². The fraction of sp³-hybridized carbons (Fsp3) is 0.467. The third-order valence-corrected chi connectivity index (χ3v) is 3.21. The van der Waals surface area contributed by atoms with Crippen LogP contribution in [0.5, 0.6) is 0 Å². The summed E-state index contributed by atoms with van der Waals surface area (Å²) in [5.41, 5.74) is 1.22. The molecule has 2 N–H and O–H groups in total. The van der Waals surface area contributed by atoms with Gasteiger partial charge < -0.3 is 15.3 Å². The second-order valence-electron chi connectivity index (χ2n) is 4.50. The Morgan fingerprint density at radius 2 is 1.90 bits per heavy atom. The molecule has 5 heteroatoms. The van der Waals surface area contributed by atoms with Gasteiger partial charge in [-0.25, -0.2) is 4.79 Å². The smallest absolute Gasteiger partial charge is 0.326 e. The number of aliphatic carboxylic acids is 1. The summed E-state index contributed by atoms with van der Waals surface area (Å²) in [6, 6.07) is 6.33. The van der Waals surface area contributed by atoms with Gasteiger partial charge in [0.15, 0.2) is 0 Å². The number of nitrogens with zero attached hydrogens (tertiary/aromatic N) is 1. The van der Waals surface area contributed by atoms with E-state index in [1.165, 1.54) is 0 Å². The van der Waals surface area contributed by atoms with Crippen LogP contribution in [0.4, 0.5) is 5.69 Å². The number of carbonyl (C=O) groups is 2. The summed E-state index contributed by atoms with van der Waals surface area (Å²) in [6.07, 6.45) is 0.476. The van der Waals surface area contributed by atoms with E-state index in [1.807, 2.05) is 13.8 Å². The number of carboxylic acids is 1. The molecular formula is C15H22N2O3. The topological polar surface area (TPSA) is 69.6 Å². The molecule has 0 aliphatic carbocycles. The van der Waals surface area contributed by atoms with E-state index in [2.05, 4.69) is 5.32 Å². The maximum atomic E-state index is 12.2. The molecule has 1 atom stereocenters. The second kappa shape index (κ2) is 7.53. The predicted octanol–water partition coefficient (Wildman–Crippen LogP) is 2.44. The van der Waals surface area contributed by atoms with E-state index in [4.69, 9.17) is 5.11 Å². The Labute approximate surface area is 119 Å². The highest BCUT2D eigenvalue weighted by Gasteiger charge is 2.16. The molecule has 0 radical (unpaired) electrons. The highest BCUT2D eigenvalue weighted by Crippen LogP contribution is 2.14.